The fourth-order valence-electron chi connectivity index (χ4n) is 2.00. The summed E-state index contributed by atoms with van der Waals surface area (Å²) in [7, 11) is 0. The van der Waals surface area contributed by atoms with Crippen molar-refractivity contribution in [3.8, 4) is 0 Å². The molecule has 0 aliphatic carbocycles. The number of hydrogen-bond donors (Lipinski definition) is 4. The lowest BCUT2D eigenvalue weighted by Gasteiger charge is -2.08. The second kappa shape index (κ2) is 11.6. The molecule has 0 saturated carbocycles. The summed E-state index contributed by atoms with van der Waals surface area (Å²) in [6.07, 6.45) is -3.53. The molecule has 31 heavy (non-hydrogen) atoms. The van der Waals surface area contributed by atoms with E-state index >= 15 is 0 Å². The van der Waals surface area contributed by atoms with Crippen LogP contribution in [0.2, 0.25) is 0 Å². The molecule has 0 unspecified atom stereocenters. The molecule has 0 aromatic carbocycles. The molecule has 2 rings (SSSR count). The first-order chi connectivity index (χ1) is 14.8. The molecule has 6 N–H and O–H groups in total. The Morgan fingerprint density at radius 3 is 1.29 bits per heavy atom. The van der Waals surface area contributed by atoms with Gasteiger partial charge in [0.25, 0.3) is 0 Å². The highest BCUT2D eigenvalue weighted by atomic mass is 16.6. The molecular formula is C17H20N4O10. The van der Waals surface area contributed by atoms with Crippen molar-refractivity contribution in [1.82, 2.24) is 10.6 Å². The molecule has 0 aliphatic heterocycles. The van der Waals surface area contributed by atoms with E-state index < -0.39 is 24.4 Å². The number of rotatable bonds is 10. The van der Waals surface area contributed by atoms with Crippen LogP contribution in [-0.4, -0.2) is 31.0 Å². The van der Waals surface area contributed by atoms with Gasteiger partial charge in [-0.2, -0.15) is 0 Å². The normalized spacial score (nSPS) is 10.1. The lowest BCUT2D eigenvalue weighted by Crippen LogP contribution is -2.37. The second-order valence-electron chi connectivity index (χ2n) is 5.63. The highest BCUT2D eigenvalue weighted by molar-refractivity contribution is 5.70. The lowest BCUT2D eigenvalue weighted by molar-refractivity contribution is 0.119. The van der Waals surface area contributed by atoms with Crippen LogP contribution in [0.3, 0.4) is 0 Å². The number of alkyl carbamates (subject to hydrolysis) is 2. The van der Waals surface area contributed by atoms with Gasteiger partial charge in [-0.1, -0.05) is 0 Å². The van der Waals surface area contributed by atoms with Crippen molar-refractivity contribution in [2.45, 2.75) is 26.4 Å². The van der Waals surface area contributed by atoms with Crippen molar-refractivity contribution in [2.75, 3.05) is 6.67 Å². The molecule has 0 spiro atoms. The number of primary amides is 2. The van der Waals surface area contributed by atoms with Crippen LogP contribution in [-0.2, 0) is 45.4 Å². The molecule has 2 heterocycles. The molecule has 4 amide bonds. The Hall–Kier alpha value is -4.36. The first-order valence-corrected chi connectivity index (χ1v) is 8.62. The van der Waals surface area contributed by atoms with Gasteiger partial charge >= 0.3 is 24.4 Å². The molecule has 0 bridgehead atoms. The molecular weight excluding hydrogens is 420 g/mol. The second-order valence-corrected chi connectivity index (χ2v) is 5.63. The first-order valence-electron chi connectivity index (χ1n) is 8.62. The highest BCUT2D eigenvalue weighted by Crippen LogP contribution is 2.11. The van der Waals surface area contributed by atoms with E-state index in [0.717, 1.165) is 0 Å². The Bertz CT molecular complexity index is 834. The average molecular weight is 440 g/mol. The summed E-state index contributed by atoms with van der Waals surface area (Å²) in [5.41, 5.74) is 9.68. The Kier molecular flexibility index (Phi) is 8.57. The summed E-state index contributed by atoms with van der Waals surface area (Å²) in [6, 6.07) is 6.12. The van der Waals surface area contributed by atoms with E-state index in [2.05, 4.69) is 20.1 Å². The minimum Gasteiger partial charge on any atom is -0.459 e. The van der Waals surface area contributed by atoms with Crippen molar-refractivity contribution < 1.29 is 47.0 Å². The fraction of sp³-hybridized carbons (Fsp3) is 0.294. The van der Waals surface area contributed by atoms with E-state index in [9.17, 15) is 19.2 Å². The van der Waals surface area contributed by atoms with Crippen molar-refractivity contribution >= 4 is 24.4 Å². The number of carbonyl (C=O) groups is 4. The van der Waals surface area contributed by atoms with E-state index in [1.807, 2.05) is 0 Å². The van der Waals surface area contributed by atoms with E-state index in [1.165, 1.54) is 24.3 Å². The minimum atomic E-state index is -0.941. The largest absolute Gasteiger partial charge is 0.459 e. The highest BCUT2D eigenvalue weighted by Gasteiger charge is 2.10. The predicted octanol–water partition coefficient (Wildman–Crippen LogP) is 1.17. The van der Waals surface area contributed by atoms with E-state index in [4.69, 9.17) is 29.8 Å². The maximum absolute atomic E-state index is 11.6. The van der Waals surface area contributed by atoms with Gasteiger partial charge in [-0.05, 0) is 24.3 Å². The SMILES string of the molecule is NC(=O)OCc1ccc(COC(=O)NCNC(=O)OCc2ccc(COC(N)=O)o2)o1. The lowest BCUT2D eigenvalue weighted by atomic mass is 10.4. The third-order valence-electron chi connectivity index (χ3n) is 3.30. The molecule has 0 radical (unpaired) electrons. The molecule has 0 atom stereocenters. The predicted molar refractivity (Wildman–Crippen MR) is 97.7 cm³/mol. The molecule has 14 heteroatoms. The Balaban J connectivity index is 1.58. The Labute approximate surface area is 174 Å². The summed E-state index contributed by atoms with van der Waals surface area (Å²) in [6.45, 7) is -0.925. The monoisotopic (exact) mass is 440 g/mol. The van der Waals surface area contributed by atoms with E-state index in [-0.39, 0.29) is 33.1 Å². The van der Waals surface area contributed by atoms with Crippen LogP contribution in [0.25, 0.3) is 0 Å². The quantitative estimate of drug-likeness (QED) is 0.306. The zero-order valence-electron chi connectivity index (χ0n) is 16.1. The maximum Gasteiger partial charge on any atom is 0.408 e. The Morgan fingerprint density at radius 1 is 0.645 bits per heavy atom. The summed E-state index contributed by atoms with van der Waals surface area (Å²) in [5.74, 6) is 1.27. The van der Waals surface area contributed by atoms with Crippen LogP contribution in [0.15, 0.2) is 33.1 Å². The van der Waals surface area contributed by atoms with Crippen LogP contribution in [0.1, 0.15) is 23.0 Å². The van der Waals surface area contributed by atoms with E-state index in [0.29, 0.717) is 23.0 Å². The topological polar surface area (TPSA) is 208 Å². The molecule has 0 aliphatic rings. The summed E-state index contributed by atoms with van der Waals surface area (Å²) < 4.78 is 29.4. The Morgan fingerprint density at radius 2 is 0.968 bits per heavy atom. The summed E-state index contributed by atoms with van der Waals surface area (Å²) >= 11 is 0. The van der Waals surface area contributed by atoms with Gasteiger partial charge in [0.05, 0.1) is 6.67 Å². The van der Waals surface area contributed by atoms with Gasteiger partial charge in [0, 0.05) is 0 Å². The molecule has 168 valence electrons. The van der Waals surface area contributed by atoms with E-state index in [1.54, 1.807) is 0 Å². The fourth-order valence-corrected chi connectivity index (χ4v) is 2.00. The van der Waals surface area contributed by atoms with Crippen LogP contribution < -0.4 is 22.1 Å². The molecule has 0 fully saturated rings. The number of nitrogens with one attached hydrogen (secondary N) is 2. The number of nitrogens with two attached hydrogens (primary N) is 2. The molecule has 2 aromatic rings. The van der Waals surface area contributed by atoms with Gasteiger partial charge in [-0.3, -0.25) is 0 Å². The van der Waals surface area contributed by atoms with Crippen LogP contribution >= 0.6 is 0 Å². The average Bonchev–Trinajstić information content (AvgIpc) is 3.37. The summed E-state index contributed by atoms with van der Waals surface area (Å²) in [4.78, 5) is 44.2. The third kappa shape index (κ3) is 9.12. The standard InChI is InChI=1S/C17H20N4O10/c18-14(22)26-5-10-1-3-12(30-10)7-28-16(24)20-9-21-17(25)29-8-13-4-2-11(31-13)6-27-15(19)23/h1-4H,5-9H2,(H2,18,22)(H2,19,23)(H,20,24)(H,21,25). The van der Waals surface area contributed by atoms with Gasteiger partial charge in [0.15, 0.2) is 26.4 Å². The van der Waals surface area contributed by atoms with Gasteiger partial charge in [-0.15, -0.1) is 0 Å². The van der Waals surface area contributed by atoms with Crippen molar-refractivity contribution in [3.05, 3.63) is 47.3 Å². The molecule has 2 aromatic heterocycles. The zero-order valence-corrected chi connectivity index (χ0v) is 16.1. The number of hydrogen-bond acceptors (Lipinski definition) is 10. The van der Waals surface area contributed by atoms with Gasteiger partial charge < -0.3 is 49.9 Å². The van der Waals surface area contributed by atoms with Gasteiger partial charge in [0.1, 0.15) is 23.0 Å². The maximum atomic E-state index is 11.6. The minimum absolute atomic E-state index is 0.145. The smallest absolute Gasteiger partial charge is 0.408 e. The van der Waals surface area contributed by atoms with Crippen molar-refractivity contribution in [3.63, 3.8) is 0 Å². The van der Waals surface area contributed by atoms with Gasteiger partial charge in [-0.25, -0.2) is 19.2 Å². The number of ether oxygens (including phenoxy) is 4. The number of furan rings is 2. The van der Waals surface area contributed by atoms with Crippen molar-refractivity contribution in [1.29, 1.82) is 0 Å². The van der Waals surface area contributed by atoms with Crippen LogP contribution in [0.4, 0.5) is 19.2 Å². The van der Waals surface area contributed by atoms with Crippen LogP contribution in [0.5, 0.6) is 0 Å². The van der Waals surface area contributed by atoms with Crippen molar-refractivity contribution in [2.24, 2.45) is 11.5 Å². The molecule has 0 saturated heterocycles. The van der Waals surface area contributed by atoms with Gasteiger partial charge in [0.2, 0.25) is 0 Å². The first kappa shape index (κ1) is 22.9. The third-order valence-corrected chi connectivity index (χ3v) is 3.30. The molecule has 14 nitrogen and oxygen atoms in total. The van der Waals surface area contributed by atoms with Crippen LogP contribution in [0, 0.1) is 0 Å². The summed E-state index contributed by atoms with van der Waals surface area (Å²) in [5, 5.41) is 4.55. The zero-order chi connectivity index (χ0) is 22.6. The number of carbonyl (C=O) groups excluding carboxylic acids is 4. The number of amides is 4.